The Morgan fingerprint density at radius 1 is 1.27 bits per heavy atom. The van der Waals surface area contributed by atoms with Crippen LogP contribution >= 0.6 is 0 Å². The highest BCUT2D eigenvalue weighted by Crippen LogP contribution is 2.27. The number of rotatable bonds is 4. The van der Waals surface area contributed by atoms with Gasteiger partial charge in [-0.1, -0.05) is 18.2 Å². The highest BCUT2D eigenvalue weighted by atomic mass is 16.5. The van der Waals surface area contributed by atoms with E-state index in [9.17, 15) is 9.59 Å². The van der Waals surface area contributed by atoms with Gasteiger partial charge in [0.25, 0.3) is 0 Å². The van der Waals surface area contributed by atoms with E-state index in [0.717, 1.165) is 25.2 Å². The van der Waals surface area contributed by atoms with Gasteiger partial charge in [-0.25, -0.2) is 4.79 Å². The third-order valence-electron chi connectivity index (χ3n) is 3.89. The summed E-state index contributed by atoms with van der Waals surface area (Å²) in [6, 6.07) is 8.99. The van der Waals surface area contributed by atoms with Crippen LogP contribution in [0.3, 0.4) is 0 Å². The van der Waals surface area contributed by atoms with Crippen molar-refractivity contribution in [2.24, 2.45) is 5.10 Å². The van der Waals surface area contributed by atoms with Gasteiger partial charge < -0.3 is 9.64 Å². The molecule has 2 aliphatic rings. The summed E-state index contributed by atoms with van der Waals surface area (Å²) in [4.78, 5) is 26.3. The van der Waals surface area contributed by atoms with E-state index in [1.54, 1.807) is 11.9 Å². The molecule has 0 spiro atoms. The second kappa shape index (κ2) is 6.17. The molecule has 0 aromatic heterocycles. The van der Waals surface area contributed by atoms with Crippen LogP contribution in [0, 0.1) is 0 Å². The average Bonchev–Trinajstić information content (AvgIpc) is 2.92. The van der Waals surface area contributed by atoms with Crippen molar-refractivity contribution in [1.29, 1.82) is 0 Å². The molecule has 1 aromatic carbocycles. The van der Waals surface area contributed by atoms with Crippen LogP contribution in [0.4, 0.5) is 5.69 Å². The largest absolute Gasteiger partial charge is 0.461 e. The number of esters is 1. The van der Waals surface area contributed by atoms with Crippen LogP contribution in [0.15, 0.2) is 35.4 Å². The highest BCUT2D eigenvalue weighted by molar-refractivity contribution is 6.38. The van der Waals surface area contributed by atoms with E-state index in [1.807, 2.05) is 35.2 Å². The summed E-state index contributed by atoms with van der Waals surface area (Å²) in [7, 11) is 0. The first-order valence-electron chi connectivity index (χ1n) is 7.58. The molecule has 0 saturated carbocycles. The van der Waals surface area contributed by atoms with Crippen molar-refractivity contribution in [3.63, 3.8) is 0 Å². The number of hydrogen-bond acceptors (Lipinski definition) is 5. The Labute approximate surface area is 129 Å². The van der Waals surface area contributed by atoms with E-state index in [0.29, 0.717) is 18.7 Å². The van der Waals surface area contributed by atoms with E-state index < -0.39 is 12.0 Å². The van der Waals surface area contributed by atoms with Gasteiger partial charge in [0.1, 0.15) is 11.8 Å². The van der Waals surface area contributed by atoms with Crippen molar-refractivity contribution < 1.29 is 14.3 Å². The molecule has 1 atom stereocenters. The molecule has 0 bridgehead atoms. The zero-order valence-corrected chi connectivity index (χ0v) is 12.6. The van der Waals surface area contributed by atoms with Gasteiger partial charge in [0.2, 0.25) is 5.91 Å². The van der Waals surface area contributed by atoms with Gasteiger partial charge in [0, 0.05) is 19.5 Å². The third kappa shape index (κ3) is 2.68. The maximum absolute atomic E-state index is 12.6. The summed E-state index contributed by atoms with van der Waals surface area (Å²) in [5.74, 6) is -0.416. The molecular weight excluding hydrogens is 282 g/mol. The van der Waals surface area contributed by atoms with Gasteiger partial charge in [-0.15, -0.1) is 0 Å². The maximum atomic E-state index is 12.6. The number of hydrogen-bond donors (Lipinski definition) is 0. The number of hydrazone groups is 1. The quantitative estimate of drug-likeness (QED) is 0.789. The van der Waals surface area contributed by atoms with Crippen molar-refractivity contribution >= 4 is 23.3 Å². The molecule has 1 aromatic rings. The Morgan fingerprint density at radius 3 is 2.59 bits per heavy atom. The average molecular weight is 301 g/mol. The molecule has 22 heavy (non-hydrogen) atoms. The maximum Gasteiger partial charge on any atom is 0.354 e. The molecule has 116 valence electrons. The minimum absolute atomic E-state index is 0.0261. The van der Waals surface area contributed by atoms with Crippen LogP contribution in [-0.2, 0) is 14.3 Å². The monoisotopic (exact) mass is 301 g/mol. The lowest BCUT2D eigenvalue weighted by atomic mass is 10.1. The Hall–Kier alpha value is -2.37. The molecule has 0 radical (unpaired) electrons. The van der Waals surface area contributed by atoms with Crippen LogP contribution in [0.2, 0.25) is 0 Å². The van der Waals surface area contributed by atoms with E-state index in [1.165, 1.54) is 0 Å². The number of nitrogens with zero attached hydrogens (tertiary/aromatic N) is 3. The van der Waals surface area contributed by atoms with Crippen molar-refractivity contribution in [3.8, 4) is 0 Å². The van der Waals surface area contributed by atoms with Crippen LogP contribution < -0.4 is 5.01 Å². The van der Waals surface area contributed by atoms with Gasteiger partial charge in [-0.05, 0) is 25.5 Å². The van der Waals surface area contributed by atoms with Gasteiger partial charge in [0.15, 0.2) is 0 Å². The summed E-state index contributed by atoms with van der Waals surface area (Å²) in [6.45, 7) is 3.62. The number of anilines is 1. The summed E-state index contributed by atoms with van der Waals surface area (Å²) in [6.07, 6.45) is 1.33. The molecule has 2 aliphatic heterocycles. The molecule has 1 fully saturated rings. The number of carbonyl (C=O) groups is 2. The Kier molecular flexibility index (Phi) is 4.09. The molecule has 1 amide bonds. The normalized spacial score (nSPS) is 20.4. The fourth-order valence-electron chi connectivity index (χ4n) is 2.61. The van der Waals surface area contributed by atoms with Crippen molar-refractivity contribution in [2.45, 2.75) is 25.8 Å². The number of para-hydroxylation sites is 1. The highest BCUT2D eigenvalue weighted by Gasteiger charge is 2.39. The first-order valence-corrected chi connectivity index (χ1v) is 7.58. The van der Waals surface area contributed by atoms with Gasteiger partial charge in [0.05, 0.1) is 12.3 Å². The molecule has 2 heterocycles. The molecule has 6 heteroatoms. The van der Waals surface area contributed by atoms with Crippen LogP contribution in [0.5, 0.6) is 0 Å². The second-order valence-corrected chi connectivity index (χ2v) is 5.35. The molecule has 0 N–H and O–H groups in total. The second-order valence-electron chi connectivity index (χ2n) is 5.35. The SMILES string of the molecule is CCOC(=O)C1=NN(c2ccccc2)C(C(=O)N2CCC2)C1. The standard InChI is InChI=1S/C16H19N3O3/c1-2-22-16(21)13-11-14(15(20)18-9-6-10-18)19(17-13)12-7-4-3-5-8-12/h3-5,7-8,14H,2,6,9-11H2,1H3. The summed E-state index contributed by atoms with van der Waals surface area (Å²) in [5, 5.41) is 5.99. The number of benzene rings is 1. The molecule has 1 unspecified atom stereocenters. The third-order valence-corrected chi connectivity index (χ3v) is 3.89. The minimum atomic E-state index is -0.456. The lowest BCUT2D eigenvalue weighted by molar-refractivity contribution is -0.135. The summed E-state index contributed by atoms with van der Waals surface area (Å²) in [5.41, 5.74) is 1.12. The Bertz CT molecular complexity index is 596. The zero-order chi connectivity index (χ0) is 15.5. The van der Waals surface area contributed by atoms with Gasteiger partial charge >= 0.3 is 5.97 Å². The van der Waals surface area contributed by atoms with Crippen LogP contribution in [0.1, 0.15) is 19.8 Å². The first kappa shape index (κ1) is 14.6. The predicted octanol–water partition coefficient (Wildman–Crippen LogP) is 1.42. The number of amides is 1. The van der Waals surface area contributed by atoms with E-state index in [2.05, 4.69) is 5.10 Å². The van der Waals surface area contributed by atoms with Gasteiger partial charge in [-0.3, -0.25) is 9.80 Å². The van der Waals surface area contributed by atoms with Crippen LogP contribution in [-0.4, -0.2) is 48.2 Å². The van der Waals surface area contributed by atoms with E-state index >= 15 is 0 Å². The topological polar surface area (TPSA) is 62.2 Å². The Balaban J connectivity index is 1.85. The fourth-order valence-corrected chi connectivity index (χ4v) is 2.61. The minimum Gasteiger partial charge on any atom is -0.461 e. The lowest BCUT2D eigenvalue weighted by Crippen LogP contribution is -2.51. The smallest absolute Gasteiger partial charge is 0.354 e. The van der Waals surface area contributed by atoms with E-state index in [-0.39, 0.29) is 5.91 Å². The summed E-state index contributed by atoms with van der Waals surface area (Å²) < 4.78 is 5.02. The molecule has 3 rings (SSSR count). The predicted molar refractivity (Wildman–Crippen MR) is 82.6 cm³/mol. The van der Waals surface area contributed by atoms with Crippen molar-refractivity contribution in [2.75, 3.05) is 24.7 Å². The zero-order valence-electron chi connectivity index (χ0n) is 12.6. The lowest BCUT2D eigenvalue weighted by Gasteiger charge is -2.35. The van der Waals surface area contributed by atoms with Gasteiger partial charge in [-0.2, -0.15) is 5.10 Å². The molecule has 0 aliphatic carbocycles. The number of carbonyl (C=O) groups excluding carboxylic acids is 2. The summed E-state index contributed by atoms with van der Waals surface area (Å²) >= 11 is 0. The van der Waals surface area contributed by atoms with E-state index in [4.69, 9.17) is 4.74 Å². The molecule has 1 saturated heterocycles. The van der Waals surface area contributed by atoms with Crippen molar-refractivity contribution in [1.82, 2.24) is 4.90 Å². The number of ether oxygens (including phenoxy) is 1. The van der Waals surface area contributed by atoms with Crippen molar-refractivity contribution in [3.05, 3.63) is 30.3 Å². The fraction of sp³-hybridized carbons (Fsp3) is 0.438. The molecule has 6 nitrogen and oxygen atoms in total. The number of likely N-dealkylation sites (tertiary alicyclic amines) is 1. The molecular formula is C16H19N3O3. The first-order chi connectivity index (χ1) is 10.7. The Morgan fingerprint density at radius 2 is 2.00 bits per heavy atom. The van der Waals surface area contributed by atoms with Crippen LogP contribution in [0.25, 0.3) is 0 Å².